The Balaban J connectivity index is 1.65. The van der Waals surface area contributed by atoms with E-state index in [0.717, 1.165) is 5.69 Å². The normalized spacial score (nSPS) is 15.1. The average Bonchev–Trinajstić information content (AvgIpc) is 2.60. The number of para-hydroxylation sites is 1. The van der Waals surface area contributed by atoms with Crippen LogP contribution in [0.1, 0.15) is 42.6 Å². The van der Waals surface area contributed by atoms with Gasteiger partial charge in [-0.3, -0.25) is 4.79 Å². The summed E-state index contributed by atoms with van der Waals surface area (Å²) in [6.07, 6.45) is 7.92. The number of hydrogen-bond acceptors (Lipinski definition) is 3. The van der Waals surface area contributed by atoms with Crippen molar-refractivity contribution in [2.24, 2.45) is 0 Å². The van der Waals surface area contributed by atoms with Crippen molar-refractivity contribution in [2.45, 2.75) is 38.1 Å². The van der Waals surface area contributed by atoms with Gasteiger partial charge in [0.25, 0.3) is 5.91 Å². The highest BCUT2D eigenvalue weighted by molar-refractivity contribution is 6.39. The molecule has 6 heteroatoms. The Hall–Kier alpha value is -1.78. The maximum absolute atomic E-state index is 12.3. The number of amides is 1. The number of nitrogens with one attached hydrogen (secondary N) is 2. The van der Waals surface area contributed by atoms with E-state index in [1.807, 2.05) is 6.07 Å². The maximum atomic E-state index is 12.3. The molecule has 3 rings (SSSR count). The van der Waals surface area contributed by atoms with Crippen molar-refractivity contribution in [3.8, 4) is 0 Å². The number of halogens is 2. The number of pyridine rings is 1. The van der Waals surface area contributed by atoms with E-state index in [0.29, 0.717) is 27.5 Å². The second-order valence-electron chi connectivity index (χ2n) is 5.96. The zero-order valence-corrected chi connectivity index (χ0v) is 14.7. The zero-order chi connectivity index (χ0) is 16.9. The third kappa shape index (κ3) is 4.19. The molecular formula is C18H19Cl2N3O. The summed E-state index contributed by atoms with van der Waals surface area (Å²) in [5.74, 6) is -0.339. The number of rotatable bonds is 4. The minimum Gasteiger partial charge on any atom is -0.381 e. The highest BCUT2D eigenvalue weighted by Crippen LogP contribution is 2.30. The van der Waals surface area contributed by atoms with Crippen molar-refractivity contribution in [2.75, 3.05) is 10.6 Å². The van der Waals surface area contributed by atoms with Gasteiger partial charge in [-0.15, -0.1) is 0 Å². The summed E-state index contributed by atoms with van der Waals surface area (Å²) >= 11 is 12.1. The van der Waals surface area contributed by atoms with Crippen molar-refractivity contribution in [1.29, 1.82) is 0 Å². The van der Waals surface area contributed by atoms with Gasteiger partial charge >= 0.3 is 0 Å². The highest BCUT2D eigenvalue weighted by atomic mass is 35.5. The molecule has 1 heterocycles. The molecule has 1 aliphatic carbocycles. The third-order valence-electron chi connectivity index (χ3n) is 4.17. The van der Waals surface area contributed by atoms with Crippen LogP contribution >= 0.6 is 23.2 Å². The first kappa shape index (κ1) is 17.1. The van der Waals surface area contributed by atoms with Crippen LogP contribution in [0.3, 0.4) is 0 Å². The molecule has 2 N–H and O–H groups in total. The fourth-order valence-corrected chi connectivity index (χ4v) is 3.38. The van der Waals surface area contributed by atoms with E-state index in [1.54, 1.807) is 30.5 Å². The van der Waals surface area contributed by atoms with Gasteiger partial charge in [0, 0.05) is 6.04 Å². The Morgan fingerprint density at radius 3 is 2.38 bits per heavy atom. The number of carbonyl (C=O) groups is 1. The van der Waals surface area contributed by atoms with E-state index in [4.69, 9.17) is 23.2 Å². The van der Waals surface area contributed by atoms with E-state index in [-0.39, 0.29) is 5.91 Å². The molecule has 0 bridgehead atoms. The lowest BCUT2D eigenvalue weighted by molar-refractivity contribution is 0.102. The molecule has 0 saturated heterocycles. The Morgan fingerprint density at radius 1 is 1.04 bits per heavy atom. The fourth-order valence-electron chi connectivity index (χ4n) is 2.89. The quantitative estimate of drug-likeness (QED) is 0.765. The number of benzene rings is 1. The lowest BCUT2D eigenvalue weighted by Crippen LogP contribution is -2.22. The molecule has 24 heavy (non-hydrogen) atoms. The summed E-state index contributed by atoms with van der Waals surface area (Å²) in [7, 11) is 0. The molecule has 1 aliphatic rings. The van der Waals surface area contributed by atoms with Crippen LogP contribution < -0.4 is 10.6 Å². The molecule has 0 spiro atoms. The lowest BCUT2D eigenvalue weighted by Gasteiger charge is -2.23. The number of anilines is 2. The lowest BCUT2D eigenvalue weighted by atomic mass is 9.95. The molecule has 1 saturated carbocycles. The van der Waals surface area contributed by atoms with Gasteiger partial charge in [0.05, 0.1) is 27.6 Å². The number of nitrogens with zero attached hydrogens (tertiary/aromatic N) is 1. The zero-order valence-electron chi connectivity index (χ0n) is 13.2. The predicted octanol–water partition coefficient (Wildman–Crippen LogP) is 5.39. The topological polar surface area (TPSA) is 54.0 Å². The van der Waals surface area contributed by atoms with Crippen LogP contribution in [0.2, 0.25) is 10.0 Å². The standard InChI is InChI=1S/C18H19Cl2N3O/c19-14-7-4-8-15(20)17(14)23-18(24)16-10-9-13(11-21-16)22-12-5-2-1-3-6-12/h4,7-12,22H,1-3,5-6H2,(H,23,24). The first-order valence-corrected chi connectivity index (χ1v) is 8.87. The number of aromatic nitrogens is 1. The molecule has 1 fully saturated rings. The Bertz CT molecular complexity index is 692. The third-order valence-corrected chi connectivity index (χ3v) is 4.80. The Labute approximate surface area is 151 Å². The Morgan fingerprint density at radius 2 is 1.75 bits per heavy atom. The summed E-state index contributed by atoms with van der Waals surface area (Å²) in [5.41, 5.74) is 1.66. The highest BCUT2D eigenvalue weighted by Gasteiger charge is 2.15. The van der Waals surface area contributed by atoms with E-state index in [1.165, 1.54) is 32.1 Å². The predicted molar refractivity (Wildman–Crippen MR) is 99.1 cm³/mol. The van der Waals surface area contributed by atoms with Crippen LogP contribution in [0.4, 0.5) is 11.4 Å². The van der Waals surface area contributed by atoms with Crippen molar-refractivity contribution in [3.05, 3.63) is 52.3 Å². The summed E-state index contributed by atoms with van der Waals surface area (Å²) in [4.78, 5) is 16.5. The van der Waals surface area contributed by atoms with Crippen molar-refractivity contribution >= 4 is 40.5 Å². The molecule has 0 radical (unpaired) electrons. The van der Waals surface area contributed by atoms with E-state index < -0.39 is 0 Å². The van der Waals surface area contributed by atoms with Crippen LogP contribution in [-0.2, 0) is 0 Å². The van der Waals surface area contributed by atoms with Gasteiger partial charge in [0.15, 0.2) is 0 Å². The van der Waals surface area contributed by atoms with Gasteiger partial charge in [0.2, 0.25) is 0 Å². The molecule has 0 aliphatic heterocycles. The summed E-state index contributed by atoms with van der Waals surface area (Å²) in [6.45, 7) is 0. The first-order valence-electron chi connectivity index (χ1n) is 8.11. The number of hydrogen-bond donors (Lipinski definition) is 2. The van der Waals surface area contributed by atoms with Crippen molar-refractivity contribution < 1.29 is 4.79 Å². The van der Waals surface area contributed by atoms with Crippen LogP contribution in [-0.4, -0.2) is 16.9 Å². The largest absolute Gasteiger partial charge is 0.381 e. The summed E-state index contributed by atoms with van der Waals surface area (Å²) in [5, 5.41) is 6.98. The molecular weight excluding hydrogens is 345 g/mol. The summed E-state index contributed by atoms with van der Waals surface area (Å²) < 4.78 is 0. The maximum Gasteiger partial charge on any atom is 0.274 e. The summed E-state index contributed by atoms with van der Waals surface area (Å²) in [6, 6.07) is 9.16. The van der Waals surface area contributed by atoms with Crippen molar-refractivity contribution in [3.63, 3.8) is 0 Å². The van der Waals surface area contributed by atoms with E-state index in [2.05, 4.69) is 15.6 Å². The van der Waals surface area contributed by atoms with Gasteiger partial charge in [-0.2, -0.15) is 0 Å². The molecule has 1 aromatic heterocycles. The molecule has 1 aromatic carbocycles. The smallest absolute Gasteiger partial charge is 0.274 e. The minimum absolute atomic E-state index is 0.320. The van der Waals surface area contributed by atoms with Gasteiger partial charge < -0.3 is 10.6 Å². The molecule has 126 valence electrons. The first-order chi connectivity index (χ1) is 11.6. The Kier molecular flexibility index (Phi) is 5.59. The number of carbonyl (C=O) groups excluding carboxylic acids is 1. The van der Waals surface area contributed by atoms with Gasteiger partial charge in [-0.25, -0.2) is 4.98 Å². The van der Waals surface area contributed by atoms with Crippen LogP contribution in [0, 0.1) is 0 Å². The van der Waals surface area contributed by atoms with E-state index >= 15 is 0 Å². The molecule has 1 amide bonds. The van der Waals surface area contributed by atoms with Crippen LogP contribution in [0.15, 0.2) is 36.5 Å². The van der Waals surface area contributed by atoms with Gasteiger partial charge in [-0.05, 0) is 37.1 Å². The fraction of sp³-hybridized carbons (Fsp3) is 0.333. The van der Waals surface area contributed by atoms with E-state index in [9.17, 15) is 4.79 Å². The van der Waals surface area contributed by atoms with Gasteiger partial charge in [-0.1, -0.05) is 48.5 Å². The second-order valence-corrected chi connectivity index (χ2v) is 6.78. The van der Waals surface area contributed by atoms with Crippen LogP contribution in [0.5, 0.6) is 0 Å². The molecule has 0 atom stereocenters. The molecule has 2 aromatic rings. The molecule has 0 unspecified atom stereocenters. The monoisotopic (exact) mass is 363 g/mol. The molecule has 4 nitrogen and oxygen atoms in total. The minimum atomic E-state index is -0.339. The SMILES string of the molecule is O=C(Nc1c(Cl)cccc1Cl)c1ccc(NC2CCCCC2)cn1. The second kappa shape index (κ2) is 7.86. The average molecular weight is 364 g/mol. The van der Waals surface area contributed by atoms with Crippen molar-refractivity contribution in [1.82, 2.24) is 4.98 Å². The van der Waals surface area contributed by atoms with Crippen LogP contribution in [0.25, 0.3) is 0 Å². The van der Waals surface area contributed by atoms with Gasteiger partial charge in [0.1, 0.15) is 5.69 Å².